The number of carbonyl (C=O) groups excluding carboxylic acids is 1. The maximum absolute atomic E-state index is 11.5. The van der Waals surface area contributed by atoms with E-state index in [1.807, 2.05) is 6.07 Å². The van der Waals surface area contributed by atoms with E-state index < -0.39 is 0 Å². The van der Waals surface area contributed by atoms with Crippen molar-refractivity contribution in [3.05, 3.63) is 28.8 Å². The van der Waals surface area contributed by atoms with Gasteiger partial charge >= 0.3 is 0 Å². The van der Waals surface area contributed by atoms with Crippen LogP contribution < -0.4 is 10.6 Å². The number of benzene rings is 1. The molecule has 0 radical (unpaired) electrons. The number of anilines is 1. The zero-order valence-electron chi connectivity index (χ0n) is 10.6. The van der Waals surface area contributed by atoms with Crippen LogP contribution in [0.3, 0.4) is 0 Å². The molecule has 0 heterocycles. The molecule has 0 spiro atoms. The first-order valence-electron chi connectivity index (χ1n) is 6.42. The van der Waals surface area contributed by atoms with Crippen LogP contribution in [0.5, 0.6) is 0 Å². The highest BCUT2D eigenvalue weighted by molar-refractivity contribution is 6.32. The number of rotatable bonds is 6. The third-order valence-electron chi connectivity index (χ3n) is 2.96. The molecule has 0 aliphatic heterocycles. The lowest BCUT2D eigenvalue weighted by Crippen LogP contribution is -2.25. The van der Waals surface area contributed by atoms with Gasteiger partial charge in [-0.25, -0.2) is 0 Å². The molecule has 1 aliphatic rings. The van der Waals surface area contributed by atoms with Gasteiger partial charge in [0, 0.05) is 19.0 Å². The van der Waals surface area contributed by atoms with E-state index in [0.29, 0.717) is 29.6 Å². The number of carbonyl (C=O) groups is 1. The smallest absolute Gasteiger partial charge is 0.220 e. The number of hydrogen-bond donors (Lipinski definition) is 2. The SMILES string of the molecule is N#Cc1c(Cl)cccc1NCCCC(=O)NC1CC1. The lowest BCUT2D eigenvalue weighted by atomic mass is 10.2. The molecule has 0 unspecified atom stereocenters. The number of nitrogens with zero attached hydrogens (tertiary/aromatic N) is 1. The maximum atomic E-state index is 11.5. The van der Waals surface area contributed by atoms with Gasteiger partial charge in [0.15, 0.2) is 0 Å². The third kappa shape index (κ3) is 4.15. The number of hydrogen-bond acceptors (Lipinski definition) is 3. The van der Waals surface area contributed by atoms with Gasteiger partial charge in [-0.2, -0.15) is 5.26 Å². The van der Waals surface area contributed by atoms with E-state index in [0.717, 1.165) is 24.9 Å². The molecule has 1 aromatic carbocycles. The van der Waals surface area contributed by atoms with Gasteiger partial charge in [0.2, 0.25) is 5.91 Å². The summed E-state index contributed by atoms with van der Waals surface area (Å²) in [5, 5.41) is 15.5. The fraction of sp³-hybridized carbons (Fsp3) is 0.429. The molecular weight excluding hydrogens is 262 g/mol. The first kappa shape index (κ1) is 13.7. The van der Waals surface area contributed by atoms with Crippen LogP contribution in [0.4, 0.5) is 5.69 Å². The molecular formula is C14H16ClN3O. The van der Waals surface area contributed by atoms with E-state index in [-0.39, 0.29) is 5.91 Å². The Morgan fingerprint density at radius 1 is 1.47 bits per heavy atom. The van der Waals surface area contributed by atoms with Crippen LogP contribution in [0, 0.1) is 11.3 Å². The molecule has 1 fully saturated rings. The first-order valence-corrected chi connectivity index (χ1v) is 6.80. The molecule has 0 aromatic heterocycles. The minimum Gasteiger partial charge on any atom is -0.384 e. The van der Waals surface area contributed by atoms with Gasteiger partial charge in [0.1, 0.15) is 6.07 Å². The molecule has 2 N–H and O–H groups in total. The molecule has 1 aromatic rings. The van der Waals surface area contributed by atoms with Gasteiger partial charge in [-0.05, 0) is 31.4 Å². The van der Waals surface area contributed by atoms with Crippen LogP contribution in [0.1, 0.15) is 31.2 Å². The number of nitriles is 1. The third-order valence-corrected chi connectivity index (χ3v) is 3.28. The van der Waals surface area contributed by atoms with E-state index in [4.69, 9.17) is 16.9 Å². The summed E-state index contributed by atoms with van der Waals surface area (Å²) in [5.41, 5.74) is 1.17. The van der Waals surface area contributed by atoms with Crippen molar-refractivity contribution in [1.82, 2.24) is 5.32 Å². The van der Waals surface area contributed by atoms with Crippen LogP contribution in [0.25, 0.3) is 0 Å². The van der Waals surface area contributed by atoms with Gasteiger partial charge in [0.25, 0.3) is 0 Å². The van der Waals surface area contributed by atoms with Crippen molar-refractivity contribution in [2.45, 2.75) is 31.7 Å². The number of halogens is 1. The highest BCUT2D eigenvalue weighted by Crippen LogP contribution is 2.23. The fourth-order valence-electron chi connectivity index (χ4n) is 1.78. The Morgan fingerprint density at radius 2 is 2.26 bits per heavy atom. The van der Waals surface area contributed by atoms with Crippen LogP contribution in [-0.4, -0.2) is 18.5 Å². The zero-order chi connectivity index (χ0) is 13.7. The normalized spacial score (nSPS) is 13.7. The van der Waals surface area contributed by atoms with Gasteiger partial charge in [-0.1, -0.05) is 17.7 Å². The fourth-order valence-corrected chi connectivity index (χ4v) is 2.00. The largest absolute Gasteiger partial charge is 0.384 e. The predicted octanol–water partition coefficient (Wildman–Crippen LogP) is 2.68. The Bertz CT molecular complexity index is 506. The van der Waals surface area contributed by atoms with E-state index in [1.165, 1.54) is 0 Å². The van der Waals surface area contributed by atoms with Crippen molar-refractivity contribution in [3.63, 3.8) is 0 Å². The quantitative estimate of drug-likeness (QED) is 0.786. The Morgan fingerprint density at radius 3 is 2.95 bits per heavy atom. The molecule has 4 nitrogen and oxygen atoms in total. The topological polar surface area (TPSA) is 64.9 Å². The van der Waals surface area contributed by atoms with Crippen molar-refractivity contribution in [1.29, 1.82) is 5.26 Å². The van der Waals surface area contributed by atoms with Crippen molar-refractivity contribution in [2.24, 2.45) is 0 Å². The molecule has 0 atom stereocenters. The second-order valence-electron chi connectivity index (χ2n) is 4.65. The van der Waals surface area contributed by atoms with Gasteiger partial charge in [-0.3, -0.25) is 4.79 Å². The Kier molecular flexibility index (Phi) is 4.64. The van der Waals surface area contributed by atoms with Crippen LogP contribution in [0.2, 0.25) is 5.02 Å². The van der Waals surface area contributed by atoms with Crippen molar-refractivity contribution in [3.8, 4) is 6.07 Å². The summed E-state index contributed by atoms with van der Waals surface area (Å²) in [5.74, 6) is 0.107. The van der Waals surface area contributed by atoms with Gasteiger partial charge < -0.3 is 10.6 Å². The highest BCUT2D eigenvalue weighted by Gasteiger charge is 2.22. The van der Waals surface area contributed by atoms with E-state index >= 15 is 0 Å². The summed E-state index contributed by atoms with van der Waals surface area (Å²) in [6.45, 7) is 0.646. The molecule has 1 saturated carbocycles. The molecule has 1 aliphatic carbocycles. The van der Waals surface area contributed by atoms with Gasteiger partial charge in [0.05, 0.1) is 16.3 Å². The van der Waals surface area contributed by atoms with E-state index in [1.54, 1.807) is 12.1 Å². The second-order valence-corrected chi connectivity index (χ2v) is 5.05. The Labute approximate surface area is 117 Å². The summed E-state index contributed by atoms with van der Waals surface area (Å²) in [4.78, 5) is 11.5. The minimum atomic E-state index is 0.107. The van der Waals surface area contributed by atoms with E-state index in [2.05, 4.69) is 16.7 Å². The lowest BCUT2D eigenvalue weighted by Gasteiger charge is -2.09. The van der Waals surface area contributed by atoms with Crippen LogP contribution in [-0.2, 0) is 4.79 Å². The summed E-state index contributed by atoms with van der Waals surface area (Å²) in [6, 6.07) is 7.79. The van der Waals surface area contributed by atoms with Crippen LogP contribution >= 0.6 is 11.6 Å². The molecule has 0 bridgehead atoms. The van der Waals surface area contributed by atoms with Gasteiger partial charge in [-0.15, -0.1) is 0 Å². The predicted molar refractivity (Wildman–Crippen MR) is 75.1 cm³/mol. The number of nitrogens with one attached hydrogen (secondary N) is 2. The second kappa shape index (κ2) is 6.44. The summed E-state index contributed by atoms with van der Waals surface area (Å²) < 4.78 is 0. The van der Waals surface area contributed by atoms with Crippen molar-refractivity contribution < 1.29 is 4.79 Å². The van der Waals surface area contributed by atoms with Crippen molar-refractivity contribution >= 4 is 23.2 Å². The highest BCUT2D eigenvalue weighted by atomic mass is 35.5. The maximum Gasteiger partial charge on any atom is 0.220 e. The molecule has 1 amide bonds. The molecule has 5 heteroatoms. The summed E-state index contributed by atoms with van der Waals surface area (Å²) >= 11 is 5.93. The standard InChI is InChI=1S/C14H16ClN3O/c15-12-3-1-4-13(11(12)9-16)17-8-2-5-14(19)18-10-6-7-10/h1,3-4,10,17H,2,5-8H2,(H,18,19). The Hall–Kier alpha value is -1.73. The average molecular weight is 278 g/mol. The summed E-state index contributed by atoms with van der Waals surface area (Å²) in [7, 11) is 0. The number of amides is 1. The van der Waals surface area contributed by atoms with Crippen molar-refractivity contribution in [2.75, 3.05) is 11.9 Å². The molecule has 100 valence electrons. The summed E-state index contributed by atoms with van der Waals surface area (Å²) in [6.07, 6.45) is 3.46. The zero-order valence-corrected chi connectivity index (χ0v) is 11.3. The monoisotopic (exact) mass is 277 g/mol. The molecule has 2 rings (SSSR count). The Balaban J connectivity index is 1.74. The minimum absolute atomic E-state index is 0.107. The first-order chi connectivity index (χ1) is 9.20. The lowest BCUT2D eigenvalue weighted by molar-refractivity contribution is -0.121. The average Bonchev–Trinajstić information content (AvgIpc) is 3.18. The molecule has 19 heavy (non-hydrogen) atoms. The molecule has 0 saturated heterocycles. The van der Waals surface area contributed by atoms with Crippen LogP contribution in [0.15, 0.2) is 18.2 Å². The van der Waals surface area contributed by atoms with E-state index in [9.17, 15) is 4.79 Å².